The minimum Gasteiger partial charge on any atom is -0.506 e. The third-order valence-corrected chi connectivity index (χ3v) is 4.04. The van der Waals surface area contributed by atoms with Crippen molar-refractivity contribution in [3.63, 3.8) is 0 Å². The lowest BCUT2D eigenvalue weighted by Gasteiger charge is -2.16. The van der Waals surface area contributed by atoms with Crippen LogP contribution >= 0.6 is 47.8 Å². The zero-order valence-electron chi connectivity index (χ0n) is 7.61. The van der Waals surface area contributed by atoms with Crippen LogP contribution < -0.4 is 5.73 Å². The second-order valence-corrected chi connectivity index (χ2v) is 5.50. The molecule has 0 saturated heterocycles. The molecule has 6 heteroatoms. The Bertz CT molecular complexity index is 373. The minimum atomic E-state index is -0.489. The number of nitrogens with two attached hydrogens (primary N) is 1. The summed E-state index contributed by atoms with van der Waals surface area (Å²) in [6, 6.07) is 1.24. The van der Waals surface area contributed by atoms with E-state index in [0.29, 0.717) is 14.5 Å². The summed E-state index contributed by atoms with van der Waals surface area (Å²) in [5, 5.41) is 9.66. The van der Waals surface area contributed by atoms with Crippen molar-refractivity contribution in [1.82, 2.24) is 0 Å². The van der Waals surface area contributed by atoms with Crippen molar-refractivity contribution < 1.29 is 9.50 Å². The molecule has 15 heavy (non-hydrogen) atoms. The van der Waals surface area contributed by atoms with Crippen LogP contribution in [0.25, 0.3) is 0 Å². The SMILES string of the molecule is N[C@@H](CCF)c1c(Br)cc(Br)c(O)c1Br. The van der Waals surface area contributed by atoms with Gasteiger partial charge in [-0.2, -0.15) is 0 Å². The van der Waals surface area contributed by atoms with E-state index in [1.807, 2.05) is 0 Å². The lowest BCUT2D eigenvalue weighted by atomic mass is 10.1. The molecule has 3 N–H and O–H groups in total. The van der Waals surface area contributed by atoms with E-state index in [-0.39, 0.29) is 12.2 Å². The van der Waals surface area contributed by atoms with E-state index in [1.165, 1.54) is 0 Å². The third-order valence-electron chi connectivity index (χ3n) is 1.97. The molecule has 0 fully saturated rings. The number of halogens is 4. The van der Waals surface area contributed by atoms with Gasteiger partial charge in [-0.25, -0.2) is 0 Å². The van der Waals surface area contributed by atoms with Gasteiger partial charge < -0.3 is 10.8 Å². The van der Waals surface area contributed by atoms with Crippen molar-refractivity contribution in [2.45, 2.75) is 12.5 Å². The van der Waals surface area contributed by atoms with Crippen molar-refractivity contribution in [3.8, 4) is 5.75 Å². The zero-order valence-corrected chi connectivity index (χ0v) is 12.4. The van der Waals surface area contributed by atoms with Crippen molar-refractivity contribution in [2.24, 2.45) is 5.73 Å². The Kier molecular flexibility index (Phi) is 5.02. The zero-order chi connectivity index (χ0) is 11.6. The first-order valence-corrected chi connectivity index (χ1v) is 6.54. The molecule has 1 aromatic carbocycles. The van der Waals surface area contributed by atoms with Gasteiger partial charge in [-0.15, -0.1) is 0 Å². The molecule has 0 aliphatic carbocycles. The van der Waals surface area contributed by atoms with Gasteiger partial charge in [0.05, 0.1) is 15.6 Å². The van der Waals surface area contributed by atoms with Crippen LogP contribution in [-0.4, -0.2) is 11.8 Å². The molecule has 1 atom stereocenters. The van der Waals surface area contributed by atoms with Crippen LogP contribution in [0, 0.1) is 0 Å². The molecule has 0 bridgehead atoms. The van der Waals surface area contributed by atoms with E-state index in [4.69, 9.17) is 5.73 Å². The second kappa shape index (κ2) is 5.61. The van der Waals surface area contributed by atoms with Gasteiger partial charge >= 0.3 is 0 Å². The molecule has 0 unspecified atom stereocenters. The smallest absolute Gasteiger partial charge is 0.144 e. The fourth-order valence-corrected chi connectivity index (χ4v) is 3.91. The van der Waals surface area contributed by atoms with Crippen molar-refractivity contribution in [2.75, 3.05) is 6.67 Å². The molecule has 0 aliphatic rings. The number of rotatable bonds is 3. The second-order valence-electron chi connectivity index (χ2n) is 3.00. The van der Waals surface area contributed by atoms with Crippen LogP contribution in [0.15, 0.2) is 19.5 Å². The summed E-state index contributed by atoms with van der Waals surface area (Å²) in [5.41, 5.74) is 6.47. The molecule has 1 aromatic rings. The normalized spacial score (nSPS) is 12.9. The number of alkyl halides is 1. The fraction of sp³-hybridized carbons (Fsp3) is 0.333. The standard InChI is InChI=1S/C9H9Br3FNO/c10-4-3-5(11)9(15)8(12)7(4)6(14)1-2-13/h3,6,15H,1-2,14H2/t6-/m0/s1. The highest BCUT2D eigenvalue weighted by Crippen LogP contribution is 2.42. The fourth-order valence-electron chi connectivity index (χ4n) is 1.20. The van der Waals surface area contributed by atoms with Crippen molar-refractivity contribution in [3.05, 3.63) is 25.0 Å². The van der Waals surface area contributed by atoms with E-state index in [9.17, 15) is 9.50 Å². The van der Waals surface area contributed by atoms with Crippen LogP contribution in [0.1, 0.15) is 18.0 Å². The van der Waals surface area contributed by atoms with Gasteiger partial charge in [0.15, 0.2) is 0 Å². The quantitative estimate of drug-likeness (QED) is 0.797. The van der Waals surface area contributed by atoms with E-state index in [2.05, 4.69) is 47.8 Å². The lowest BCUT2D eigenvalue weighted by molar-refractivity contribution is 0.436. The third kappa shape index (κ3) is 2.93. The summed E-state index contributed by atoms with van der Waals surface area (Å²) in [7, 11) is 0. The van der Waals surface area contributed by atoms with E-state index in [1.54, 1.807) is 6.07 Å². The number of hydrogen-bond acceptors (Lipinski definition) is 2. The van der Waals surface area contributed by atoms with Gasteiger partial charge in [-0.05, 0) is 44.3 Å². The number of benzene rings is 1. The van der Waals surface area contributed by atoms with Crippen molar-refractivity contribution in [1.29, 1.82) is 0 Å². The Balaban J connectivity index is 3.23. The maximum atomic E-state index is 12.2. The molecule has 0 amide bonds. The highest BCUT2D eigenvalue weighted by atomic mass is 79.9. The highest BCUT2D eigenvalue weighted by Gasteiger charge is 2.18. The summed E-state index contributed by atoms with van der Waals surface area (Å²) in [4.78, 5) is 0. The molecule has 0 aromatic heterocycles. The minimum absolute atomic E-state index is 0.0718. The molecule has 0 aliphatic heterocycles. The van der Waals surface area contributed by atoms with E-state index >= 15 is 0 Å². The molecule has 0 spiro atoms. The Morgan fingerprint density at radius 1 is 1.33 bits per heavy atom. The summed E-state index contributed by atoms with van der Waals surface area (Å²) >= 11 is 9.76. The van der Waals surface area contributed by atoms with Crippen LogP contribution in [0.3, 0.4) is 0 Å². The predicted molar refractivity (Wildman–Crippen MR) is 68.7 cm³/mol. The molecule has 0 saturated carbocycles. The molecule has 0 radical (unpaired) electrons. The Hall–Kier alpha value is 0.350. The highest BCUT2D eigenvalue weighted by molar-refractivity contribution is 9.11. The molecule has 1 rings (SSSR count). The molecule has 84 valence electrons. The summed E-state index contributed by atoms with van der Waals surface area (Å²) in [5.74, 6) is 0.0718. The Morgan fingerprint density at radius 2 is 1.93 bits per heavy atom. The van der Waals surface area contributed by atoms with Gasteiger partial charge in [0.25, 0.3) is 0 Å². The maximum absolute atomic E-state index is 12.2. The topological polar surface area (TPSA) is 46.2 Å². The van der Waals surface area contributed by atoms with Crippen LogP contribution in [0.4, 0.5) is 4.39 Å². The first-order valence-electron chi connectivity index (χ1n) is 4.17. The van der Waals surface area contributed by atoms with Crippen LogP contribution in [0.5, 0.6) is 5.75 Å². The average molecular weight is 406 g/mol. The lowest BCUT2D eigenvalue weighted by Crippen LogP contribution is -2.12. The van der Waals surface area contributed by atoms with Gasteiger partial charge in [-0.1, -0.05) is 15.9 Å². The maximum Gasteiger partial charge on any atom is 0.144 e. The van der Waals surface area contributed by atoms with Crippen LogP contribution in [0.2, 0.25) is 0 Å². The molecule has 2 nitrogen and oxygen atoms in total. The van der Waals surface area contributed by atoms with Crippen molar-refractivity contribution >= 4 is 47.8 Å². The molecular weight excluding hydrogens is 397 g/mol. The molecule has 0 heterocycles. The van der Waals surface area contributed by atoms with Crippen LogP contribution in [-0.2, 0) is 0 Å². The summed E-state index contributed by atoms with van der Waals surface area (Å²) < 4.78 is 14.0. The summed E-state index contributed by atoms with van der Waals surface area (Å²) in [6.45, 7) is -0.489. The number of hydrogen-bond donors (Lipinski definition) is 2. The Labute approximate surface area is 112 Å². The number of aromatic hydroxyl groups is 1. The number of phenols is 1. The monoisotopic (exact) mass is 403 g/mol. The van der Waals surface area contributed by atoms with Gasteiger partial charge in [0, 0.05) is 16.1 Å². The largest absolute Gasteiger partial charge is 0.506 e. The average Bonchev–Trinajstić information content (AvgIpc) is 2.15. The number of phenolic OH excluding ortho intramolecular Hbond substituents is 1. The van der Waals surface area contributed by atoms with Gasteiger partial charge in [0.2, 0.25) is 0 Å². The first-order chi connectivity index (χ1) is 6.99. The first kappa shape index (κ1) is 13.4. The Morgan fingerprint density at radius 3 is 2.47 bits per heavy atom. The van der Waals surface area contributed by atoms with Gasteiger partial charge in [0.1, 0.15) is 5.75 Å². The molecular formula is C9H9Br3FNO. The van der Waals surface area contributed by atoms with Gasteiger partial charge in [-0.3, -0.25) is 4.39 Å². The van der Waals surface area contributed by atoms with E-state index < -0.39 is 12.7 Å². The predicted octanol–water partition coefficient (Wildman–Crippen LogP) is 4.04. The summed E-state index contributed by atoms with van der Waals surface area (Å²) in [6.07, 6.45) is 0.221. The van der Waals surface area contributed by atoms with E-state index in [0.717, 1.165) is 4.47 Å².